The zero-order valence-electron chi connectivity index (χ0n) is 21.2. The van der Waals surface area contributed by atoms with Crippen LogP contribution in [-0.4, -0.2) is 29.7 Å². The summed E-state index contributed by atoms with van der Waals surface area (Å²) in [7, 11) is 0. The molecule has 2 N–H and O–H groups in total. The van der Waals surface area contributed by atoms with Gasteiger partial charge in [0.25, 0.3) is 11.5 Å². The van der Waals surface area contributed by atoms with Gasteiger partial charge in [0, 0.05) is 0 Å². The fraction of sp³-hybridized carbons (Fsp3) is 0.286. The number of nitrogens with zero attached hydrogens (tertiary/aromatic N) is 2. The van der Waals surface area contributed by atoms with Gasteiger partial charge in [0.2, 0.25) is 0 Å². The maximum atomic E-state index is 13.7. The maximum absolute atomic E-state index is 13.7. The summed E-state index contributed by atoms with van der Waals surface area (Å²) in [5, 5.41) is 0. The predicted molar refractivity (Wildman–Crippen MR) is 142 cm³/mol. The number of allylic oxidation sites excluding steroid dienone is 1. The van der Waals surface area contributed by atoms with Crippen LogP contribution in [0.5, 0.6) is 5.75 Å². The average molecular weight is 520 g/mol. The van der Waals surface area contributed by atoms with Gasteiger partial charge >= 0.3 is 5.97 Å². The Bertz CT molecular complexity index is 1550. The van der Waals surface area contributed by atoms with Crippen LogP contribution in [0, 0.1) is 0 Å². The van der Waals surface area contributed by atoms with Gasteiger partial charge in [-0.1, -0.05) is 61.6 Å². The lowest BCUT2D eigenvalue weighted by Gasteiger charge is -2.25. The monoisotopic (exact) mass is 519 g/mol. The molecule has 1 aliphatic heterocycles. The number of carbonyl (C=O) groups excluding carboxylic acids is 2. The number of amides is 1. The van der Waals surface area contributed by atoms with Crippen LogP contribution >= 0.6 is 11.3 Å². The summed E-state index contributed by atoms with van der Waals surface area (Å²) < 4.78 is 12.8. The second kappa shape index (κ2) is 11.0. The van der Waals surface area contributed by atoms with E-state index in [-0.39, 0.29) is 18.8 Å². The molecule has 0 radical (unpaired) electrons. The molecule has 37 heavy (non-hydrogen) atoms. The van der Waals surface area contributed by atoms with Crippen molar-refractivity contribution in [2.24, 2.45) is 10.7 Å². The summed E-state index contributed by atoms with van der Waals surface area (Å²) in [4.78, 5) is 42.9. The molecule has 0 aliphatic carbocycles. The summed E-state index contributed by atoms with van der Waals surface area (Å²) in [6.07, 6.45) is 1.74. The van der Waals surface area contributed by atoms with E-state index in [4.69, 9.17) is 15.2 Å². The topological polar surface area (TPSA) is 113 Å². The van der Waals surface area contributed by atoms with Gasteiger partial charge in [-0.05, 0) is 54.7 Å². The second-order valence-corrected chi connectivity index (χ2v) is 9.96. The van der Waals surface area contributed by atoms with Crippen LogP contribution in [0.2, 0.25) is 0 Å². The molecule has 2 aromatic carbocycles. The number of ether oxygens (including phenoxy) is 2. The van der Waals surface area contributed by atoms with E-state index >= 15 is 0 Å². The van der Waals surface area contributed by atoms with Gasteiger partial charge in [-0.25, -0.2) is 9.79 Å². The Hall–Kier alpha value is -3.98. The minimum Gasteiger partial charge on any atom is -0.484 e. The molecule has 1 unspecified atom stereocenters. The first-order valence-electron chi connectivity index (χ1n) is 12.0. The number of fused-ring (bicyclic) bond motifs is 1. The van der Waals surface area contributed by atoms with Gasteiger partial charge in [-0.3, -0.25) is 14.2 Å². The van der Waals surface area contributed by atoms with Crippen molar-refractivity contribution in [2.75, 3.05) is 13.2 Å². The second-order valence-electron chi connectivity index (χ2n) is 8.95. The predicted octanol–water partition coefficient (Wildman–Crippen LogP) is 2.79. The lowest BCUT2D eigenvalue weighted by atomic mass is 9.93. The molecule has 0 spiro atoms. The van der Waals surface area contributed by atoms with E-state index in [0.29, 0.717) is 37.8 Å². The normalized spacial score (nSPS) is 15.4. The third-order valence-corrected chi connectivity index (χ3v) is 6.96. The third-order valence-electron chi connectivity index (χ3n) is 5.97. The Labute approximate surface area is 218 Å². The lowest BCUT2D eigenvalue weighted by molar-refractivity contribution is -0.139. The fourth-order valence-corrected chi connectivity index (χ4v) is 5.22. The van der Waals surface area contributed by atoms with E-state index in [2.05, 4.69) is 18.8 Å². The van der Waals surface area contributed by atoms with Gasteiger partial charge in [0.15, 0.2) is 11.4 Å². The number of thiazole rings is 1. The highest BCUT2D eigenvalue weighted by atomic mass is 32.1. The first-order valence-corrected chi connectivity index (χ1v) is 12.8. The Morgan fingerprint density at radius 2 is 1.92 bits per heavy atom. The molecule has 1 aliphatic rings. The van der Waals surface area contributed by atoms with Crippen LogP contribution < -0.4 is 25.4 Å². The quantitative estimate of drug-likeness (QED) is 0.460. The highest BCUT2D eigenvalue weighted by Crippen LogP contribution is 2.31. The van der Waals surface area contributed by atoms with Crippen molar-refractivity contribution in [2.45, 2.75) is 39.7 Å². The van der Waals surface area contributed by atoms with E-state index in [1.54, 1.807) is 42.7 Å². The number of hydrogen-bond acceptors (Lipinski definition) is 7. The first-order chi connectivity index (χ1) is 17.7. The number of carbonyl (C=O) groups is 2. The maximum Gasteiger partial charge on any atom is 0.338 e. The SMILES string of the molecule is CCOC(=O)C1=C(C)N=c2sc(=Cc3cccc(OCC(N)=O)c3)c(=O)n2C1c1ccc(C(C)C)cc1. The molecular formula is C28H29N3O5S. The van der Waals surface area contributed by atoms with Crippen LogP contribution in [0.25, 0.3) is 6.08 Å². The number of hydrogen-bond donors (Lipinski definition) is 1. The minimum atomic E-state index is -0.663. The summed E-state index contributed by atoms with van der Waals surface area (Å²) >= 11 is 1.25. The Morgan fingerprint density at radius 1 is 1.19 bits per heavy atom. The molecule has 9 heteroatoms. The van der Waals surface area contributed by atoms with Crippen LogP contribution in [-0.2, 0) is 14.3 Å². The average Bonchev–Trinajstić information content (AvgIpc) is 3.16. The number of benzene rings is 2. The molecule has 1 atom stereocenters. The van der Waals surface area contributed by atoms with Crippen molar-refractivity contribution in [1.29, 1.82) is 0 Å². The van der Waals surface area contributed by atoms with E-state index in [9.17, 15) is 14.4 Å². The van der Waals surface area contributed by atoms with Gasteiger partial charge in [-0.15, -0.1) is 0 Å². The van der Waals surface area contributed by atoms with Crippen LogP contribution in [0.15, 0.2) is 69.6 Å². The summed E-state index contributed by atoms with van der Waals surface area (Å²) in [5.74, 6) is -0.257. The zero-order chi connectivity index (χ0) is 26.7. The van der Waals surface area contributed by atoms with Gasteiger partial charge in [-0.2, -0.15) is 0 Å². The minimum absolute atomic E-state index is 0.215. The standard InChI is InChI=1S/C28H29N3O5S/c1-5-35-27(34)24-17(4)30-28-31(25(24)20-11-9-19(10-12-20)16(2)3)26(33)22(37-28)14-18-7-6-8-21(13-18)36-15-23(29)32/h6-14,16,25H,5,15H2,1-4H3,(H2,29,32). The molecule has 4 rings (SSSR count). The first kappa shape index (κ1) is 26.1. The Balaban J connectivity index is 1.85. The molecule has 8 nitrogen and oxygen atoms in total. The van der Waals surface area contributed by atoms with E-state index in [0.717, 1.165) is 11.1 Å². The molecule has 1 amide bonds. The van der Waals surface area contributed by atoms with Gasteiger partial charge in [0.1, 0.15) is 5.75 Å². The molecule has 192 valence electrons. The fourth-order valence-electron chi connectivity index (χ4n) is 4.17. The van der Waals surface area contributed by atoms with Gasteiger partial charge < -0.3 is 15.2 Å². The Morgan fingerprint density at radius 3 is 2.57 bits per heavy atom. The van der Waals surface area contributed by atoms with E-state index in [1.807, 2.05) is 30.3 Å². The number of primary amides is 1. The number of rotatable bonds is 8. The number of nitrogens with two attached hydrogens (primary N) is 1. The van der Waals surface area contributed by atoms with E-state index < -0.39 is 17.9 Å². The highest BCUT2D eigenvalue weighted by molar-refractivity contribution is 7.07. The lowest BCUT2D eigenvalue weighted by Crippen LogP contribution is -2.39. The van der Waals surface area contributed by atoms with Crippen molar-refractivity contribution >= 4 is 29.3 Å². The summed E-state index contributed by atoms with van der Waals surface area (Å²) in [6.45, 7) is 7.71. The van der Waals surface area contributed by atoms with Crippen LogP contribution in [0.4, 0.5) is 0 Å². The molecule has 3 aromatic rings. The number of esters is 1. The van der Waals surface area contributed by atoms with Crippen molar-refractivity contribution in [1.82, 2.24) is 4.57 Å². The molecular weight excluding hydrogens is 490 g/mol. The van der Waals surface area contributed by atoms with Crippen molar-refractivity contribution in [3.05, 3.63) is 96.2 Å². The van der Waals surface area contributed by atoms with Crippen LogP contribution in [0.3, 0.4) is 0 Å². The van der Waals surface area contributed by atoms with Gasteiger partial charge in [0.05, 0.1) is 28.5 Å². The number of aromatic nitrogens is 1. The largest absolute Gasteiger partial charge is 0.484 e. The summed E-state index contributed by atoms with van der Waals surface area (Å²) in [6, 6.07) is 14.3. The molecule has 0 bridgehead atoms. The molecule has 1 aromatic heterocycles. The molecule has 0 saturated heterocycles. The zero-order valence-corrected chi connectivity index (χ0v) is 22.0. The van der Waals surface area contributed by atoms with E-state index in [1.165, 1.54) is 11.3 Å². The third kappa shape index (κ3) is 5.56. The van der Waals surface area contributed by atoms with Crippen molar-refractivity contribution in [3.63, 3.8) is 0 Å². The van der Waals surface area contributed by atoms with Crippen LogP contribution in [0.1, 0.15) is 56.3 Å². The smallest absolute Gasteiger partial charge is 0.338 e. The van der Waals surface area contributed by atoms with Crippen molar-refractivity contribution in [3.8, 4) is 5.75 Å². The summed E-state index contributed by atoms with van der Waals surface area (Å²) in [5.41, 5.74) is 8.44. The highest BCUT2D eigenvalue weighted by Gasteiger charge is 2.33. The van der Waals surface area contributed by atoms with Crippen molar-refractivity contribution < 1.29 is 19.1 Å². The Kier molecular flexibility index (Phi) is 7.73. The molecule has 0 saturated carbocycles. The molecule has 0 fully saturated rings. The molecule has 2 heterocycles.